The summed E-state index contributed by atoms with van der Waals surface area (Å²) < 4.78 is 21.0. The molecule has 2 unspecified atom stereocenters. The molecule has 1 fully saturated rings. The molecule has 0 bridgehead atoms. The predicted molar refractivity (Wildman–Crippen MR) is 74.5 cm³/mol. The number of rotatable bonds is 4. The van der Waals surface area contributed by atoms with Gasteiger partial charge in [0.1, 0.15) is 23.8 Å². The zero-order valence-electron chi connectivity index (χ0n) is 12.3. The van der Waals surface area contributed by atoms with E-state index in [2.05, 4.69) is 15.9 Å². The average Bonchev–Trinajstić information content (AvgIpc) is 2.35. The van der Waals surface area contributed by atoms with Gasteiger partial charge < -0.3 is 18.9 Å². The quantitative estimate of drug-likeness (QED) is 0.419. The summed E-state index contributed by atoms with van der Waals surface area (Å²) in [6.45, 7) is 5.49. The van der Waals surface area contributed by atoms with E-state index in [1.54, 1.807) is 6.92 Å². The van der Waals surface area contributed by atoms with Crippen molar-refractivity contribution in [1.82, 2.24) is 0 Å². The molecule has 1 rings (SSSR count). The van der Waals surface area contributed by atoms with Gasteiger partial charge in [-0.1, -0.05) is 22.9 Å². The van der Waals surface area contributed by atoms with Gasteiger partial charge in [0.05, 0.1) is 0 Å². The molecule has 0 amide bonds. The van der Waals surface area contributed by atoms with Crippen molar-refractivity contribution in [3.05, 3.63) is 0 Å². The Labute approximate surface area is 131 Å². The highest BCUT2D eigenvalue weighted by Gasteiger charge is 2.47. The van der Waals surface area contributed by atoms with Crippen LogP contribution in [0.4, 0.5) is 0 Å². The zero-order valence-corrected chi connectivity index (χ0v) is 13.9. The summed E-state index contributed by atoms with van der Waals surface area (Å²) in [4.78, 5) is 33.5. The lowest BCUT2D eigenvalue weighted by molar-refractivity contribution is -0.216. The zero-order chi connectivity index (χ0) is 16.2. The summed E-state index contributed by atoms with van der Waals surface area (Å²) in [6.07, 6.45) is -2.25. The Bertz CT molecular complexity index is 411. The summed E-state index contributed by atoms with van der Waals surface area (Å²) in [5.41, 5.74) is 0. The van der Waals surface area contributed by atoms with Crippen molar-refractivity contribution < 1.29 is 33.3 Å². The summed E-state index contributed by atoms with van der Waals surface area (Å²) in [5.74, 6) is -1.74. The highest BCUT2D eigenvalue weighted by atomic mass is 79.9. The minimum absolute atomic E-state index is 0.0974. The van der Waals surface area contributed by atoms with Crippen LogP contribution >= 0.6 is 15.9 Å². The van der Waals surface area contributed by atoms with Crippen LogP contribution < -0.4 is 0 Å². The van der Waals surface area contributed by atoms with Gasteiger partial charge in [0.2, 0.25) is 0 Å². The first-order valence-electron chi connectivity index (χ1n) is 6.49. The Kier molecular flexibility index (Phi) is 6.60. The molecule has 8 heteroatoms. The first-order valence-corrected chi connectivity index (χ1v) is 7.41. The normalized spacial score (nSPS) is 32.1. The maximum absolute atomic E-state index is 11.3. The van der Waals surface area contributed by atoms with Gasteiger partial charge in [0, 0.05) is 26.7 Å². The molecule has 7 nitrogen and oxygen atoms in total. The van der Waals surface area contributed by atoms with E-state index in [0.717, 1.165) is 0 Å². The van der Waals surface area contributed by atoms with Crippen LogP contribution in [0.1, 0.15) is 27.7 Å². The fourth-order valence-electron chi connectivity index (χ4n) is 2.06. The lowest BCUT2D eigenvalue weighted by Gasteiger charge is -2.42. The third-order valence-corrected chi connectivity index (χ3v) is 4.03. The third-order valence-electron chi connectivity index (χ3n) is 2.98. The standard InChI is InChI=1S/C13H19BrO7/c1-6-11(19-8(3)16)12(20-9(4)17)10(21-13(6)14)5-18-7(2)15/h6,10-13H,5H2,1-4H3/t6-,10?,11?,12-,13-/m0/s1. The van der Waals surface area contributed by atoms with E-state index in [1.807, 2.05) is 0 Å². The molecule has 1 aliphatic heterocycles. The number of carbonyl (C=O) groups is 3. The van der Waals surface area contributed by atoms with Gasteiger partial charge in [0.25, 0.3) is 0 Å². The van der Waals surface area contributed by atoms with Crippen molar-refractivity contribution >= 4 is 33.8 Å². The number of ether oxygens (including phenoxy) is 4. The SMILES string of the molecule is CC(=O)OCC1O[C@H](Br)[C@@H](C)C(OC(C)=O)[C@H]1OC(C)=O. The van der Waals surface area contributed by atoms with Gasteiger partial charge in [-0.05, 0) is 0 Å². The highest BCUT2D eigenvalue weighted by Crippen LogP contribution is 2.33. The minimum atomic E-state index is -0.838. The van der Waals surface area contributed by atoms with Crippen molar-refractivity contribution in [3.63, 3.8) is 0 Å². The molecule has 0 aromatic heterocycles. The van der Waals surface area contributed by atoms with E-state index >= 15 is 0 Å². The molecule has 0 spiro atoms. The third kappa shape index (κ3) is 5.28. The fourth-order valence-corrected chi connectivity index (χ4v) is 2.64. The van der Waals surface area contributed by atoms with Gasteiger partial charge >= 0.3 is 17.9 Å². The summed E-state index contributed by atoms with van der Waals surface area (Å²) in [6, 6.07) is 0. The van der Waals surface area contributed by atoms with E-state index in [9.17, 15) is 14.4 Å². The van der Waals surface area contributed by atoms with Gasteiger partial charge in [-0.3, -0.25) is 14.4 Å². The first-order chi connectivity index (χ1) is 9.72. The molecule has 120 valence electrons. The van der Waals surface area contributed by atoms with Gasteiger partial charge in [-0.15, -0.1) is 0 Å². The Hall–Kier alpha value is -1.15. The Morgan fingerprint density at radius 1 is 1.00 bits per heavy atom. The second-order valence-electron chi connectivity index (χ2n) is 4.84. The molecule has 1 aliphatic rings. The van der Waals surface area contributed by atoms with Crippen LogP contribution in [0.25, 0.3) is 0 Å². The van der Waals surface area contributed by atoms with Crippen molar-refractivity contribution in [3.8, 4) is 0 Å². The number of carbonyl (C=O) groups excluding carboxylic acids is 3. The van der Waals surface area contributed by atoms with Crippen LogP contribution in [0.3, 0.4) is 0 Å². The summed E-state index contributed by atoms with van der Waals surface area (Å²) in [7, 11) is 0. The smallest absolute Gasteiger partial charge is 0.303 e. The molecule has 0 aliphatic carbocycles. The van der Waals surface area contributed by atoms with Crippen LogP contribution in [-0.2, 0) is 33.3 Å². The number of halogens is 1. The average molecular weight is 367 g/mol. The Morgan fingerprint density at radius 2 is 1.52 bits per heavy atom. The van der Waals surface area contributed by atoms with E-state index in [1.165, 1.54) is 20.8 Å². The van der Waals surface area contributed by atoms with Crippen molar-refractivity contribution in [2.75, 3.05) is 6.61 Å². The molecule has 21 heavy (non-hydrogen) atoms. The topological polar surface area (TPSA) is 88.1 Å². The van der Waals surface area contributed by atoms with Crippen LogP contribution in [0.2, 0.25) is 0 Å². The lowest BCUT2D eigenvalue weighted by Crippen LogP contribution is -2.56. The second kappa shape index (κ2) is 7.74. The van der Waals surface area contributed by atoms with Crippen molar-refractivity contribution in [1.29, 1.82) is 0 Å². The van der Waals surface area contributed by atoms with Crippen LogP contribution in [-0.4, -0.2) is 47.8 Å². The van der Waals surface area contributed by atoms with Gasteiger partial charge in [-0.2, -0.15) is 0 Å². The molecule has 1 heterocycles. The van der Waals surface area contributed by atoms with Crippen molar-refractivity contribution in [2.45, 2.75) is 51.0 Å². The molecule has 0 N–H and O–H groups in total. The van der Waals surface area contributed by atoms with E-state index in [4.69, 9.17) is 18.9 Å². The van der Waals surface area contributed by atoms with Crippen LogP contribution in [0.15, 0.2) is 0 Å². The number of hydrogen-bond donors (Lipinski definition) is 0. The van der Waals surface area contributed by atoms with Crippen LogP contribution in [0.5, 0.6) is 0 Å². The maximum atomic E-state index is 11.3. The van der Waals surface area contributed by atoms with Gasteiger partial charge in [0.15, 0.2) is 6.10 Å². The lowest BCUT2D eigenvalue weighted by atomic mass is 9.93. The molecular formula is C13H19BrO7. The largest absolute Gasteiger partial charge is 0.463 e. The van der Waals surface area contributed by atoms with Crippen molar-refractivity contribution in [2.24, 2.45) is 5.92 Å². The Morgan fingerprint density at radius 3 is 2.00 bits per heavy atom. The number of alkyl halides is 1. The van der Waals surface area contributed by atoms with E-state index < -0.39 is 41.2 Å². The number of hydrogen-bond acceptors (Lipinski definition) is 7. The Balaban J connectivity index is 2.94. The summed E-state index contributed by atoms with van der Waals surface area (Å²) in [5, 5.41) is -0.422. The maximum Gasteiger partial charge on any atom is 0.303 e. The van der Waals surface area contributed by atoms with Gasteiger partial charge in [-0.25, -0.2) is 0 Å². The monoisotopic (exact) mass is 366 g/mol. The molecular weight excluding hydrogens is 348 g/mol. The molecule has 0 aromatic carbocycles. The fraction of sp³-hybridized carbons (Fsp3) is 0.769. The highest BCUT2D eigenvalue weighted by molar-refractivity contribution is 9.09. The number of esters is 3. The molecule has 1 saturated heterocycles. The molecule has 0 saturated carbocycles. The van der Waals surface area contributed by atoms with E-state index in [0.29, 0.717) is 0 Å². The minimum Gasteiger partial charge on any atom is -0.463 e. The molecule has 0 radical (unpaired) electrons. The molecule has 5 atom stereocenters. The second-order valence-corrected chi connectivity index (χ2v) is 5.74. The van der Waals surface area contributed by atoms with E-state index in [-0.39, 0.29) is 12.5 Å². The van der Waals surface area contributed by atoms with Crippen LogP contribution in [0, 0.1) is 5.92 Å². The molecule has 0 aromatic rings. The predicted octanol–water partition coefficient (Wildman–Crippen LogP) is 1.17. The summed E-state index contributed by atoms with van der Waals surface area (Å²) >= 11 is 3.33. The first kappa shape index (κ1) is 17.9.